The second-order valence-corrected chi connectivity index (χ2v) is 11.1. The van der Waals surface area contributed by atoms with Crippen LogP contribution in [0.2, 0.25) is 0 Å². The van der Waals surface area contributed by atoms with Crippen molar-refractivity contribution in [3.8, 4) is 11.5 Å². The number of furan rings is 1. The number of benzene rings is 3. The van der Waals surface area contributed by atoms with E-state index in [0.29, 0.717) is 22.5 Å². The van der Waals surface area contributed by atoms with Crippen molar-refractivity contribution in [2.24, 2.45) is 0 Å². The highest BCUT2D eigenvalue weighted by atomic mass is 127. The summed E-state index contributed by atoms with van der Waals surface area (Å²) in [6.07, 6.45) is -0.876. The third kappa shape index (κ3) is 6.68. The normalized spacial score (nSPS) is 18.2. The van der Waals surface area contributed by atoms with Crippen molar-refractivity contribution in [1.29, 1.82) is 0 Å². The van der Waals surface area contributed by atoms with Gasteiger partial charge in [0.1, 0.15) is 23.8 Å². The zero-order chi connectivity index (χ0) is 30.5. The molecule has 1 heterocycles. The Morgan fingerprint density at radius 3 is 2.58 bits per heavy atom. The molecule has 11 heteroatoms. The van der Waals surface area contributed by atoms with Crippen LogP contribution < -0.4 is 14.8 Å². The fraction of sp³-hybridized carbons (Fsp3) is 0.250. The lowest BCUT2D eigenvalue weighted by Gasteiger charge is -2.40. The minimum Gasteiger partial charge on any atom is -0.493 e. The highest BCUT2D eigenvalue weighted by Gasteiger charge is 2.41. The molecular weight excluding hydrogens is 670 g/mol. The van der Waals surface area contributed by atoms with Gasteiger partial charge in [0, 0.05) is 36.0 Å². The molecule has 224 valence electrons. The van der Waals surface area contributed by atoms with Gasteiger partial charge in [-0.05, 0) is 59.0 Å². The summed E-state index contributed by atoms with van der Waals surface area (Å²) >= 11 is 2.11. The quantitative estimate of drug-likeness (QED) is 0.209. The molecule has 0 unspecified atom stereocenters. The summed E-state index contributed by atoms with van der Waals surface area (Å²) in [4.78, 5) is 28.6. The average molecular weight is 701 g/mol. The first-order chi connectivity index (χ1) is 20.8. The van der Waals surface area contributed by atoms with Crippen molar-refractivity contribution in [2.75, 3.05) is 20.3 Å². The zero-order valence-electron chi connectivity index (χ0n) is 23.2. The fourth-order valence-electron chi connectivity index (χ4n) is 5.06. The van der Waals surface area contributed by atoms with E-state index in [1.54, 1.807) is 54.6 Å². The van der Waals surface area contributed by atoms with E-state index in [1.807, 2.05) is 12.1 Å². The van der Waals surface area contributed by atoms with Crippen LogP contribution in [-0.4, -0.2) is 65.4 Å². The molecule has 0 fully saturated rings. The van der Waals surface area contributed by atoms with Crippen LogP contribution in [-0.2, 0) is 11.3 Å². The Labute approximate surface area is 261 Å². The summed E-state index contributed by atoms with van der Waals surface area (Å²) < 4.78 is 33.2. The largest absolute Gasteiger partial charge is 0.493 e. The number of aliphatic hydroxyl groups excluding tert-OH is 2. The molecule has 0 saturated heterocycles. The van der Waals surface area contributed by atoms with E-state index < -0.39 is 35.9 Å². The molecular formula is C32H30FIN2O7. The van der Waals surface area contributed by atoms with E-state index in [-0.39, 0.29) is 43.0 Å². The van der Waals surface area contributed by atoms with Crippen LogP contribution in [0.3, 0.4) is 0 Å². The lowest BCUT2D eigenvalue weighted by atomic mass is 9.87. The minimum atomic E-state index is -1.31. The van der Waals surface area contributed by atoms with Gasteiger partial charge in [0.05, 0.1) is 23.3 Å². The molecule has 43 heavy (non-hydrogen) atoms. The molecule has 1 aliphatic rings. The Kier molecular flexibility index (Phi) is 9.63. The van der Waals surface area contributed by atoms with Crippen LogP contribution in [0.1, 0.15) is 22.5 Å². The van der Waals surface area contributed by atoms with Gasteiger partial charge >= 0.3 is 0 Å². The smallest absolute Gasteiger partial charge is 0.290 e. The predicted molar refractivity (Wildman–Crippen MR) is 165 cm³/mol. The van der Waals surface area contributed by atoms with Gasteiger partial charge in [-0.1, -0.05) is 42.5 Å². The summed E-state index contributed by atoms with van der Waals surface area (Å²) in [6.45, 7) is -0.465. The molecule has 1 aliphatic carbocycles. The minimum absolute atomic E-state index is 0.0180. The topological polar surface area (TPSA) is 121 Å². The first-order valence-electron chi connectivity index (χ1n) is 13.6. The Bertz CT molecular complexity index is 1660. The number of nitrogens with one attached hydrogen (secondary N) is 1. The van der Waals surface area contributed by atoms with Crippen LogP contribution in [0.15, 0.2) is 88.9 Å². The maximum absolute atomic E-state index is 14.9. The maximum atomic E-state index is 14.9. The molecule has 0 saturated carbocycles. The number of fused-ring (bicyclic) bond motifs is 1. The third-order valence-corrected chi connectivity index (χ3v) is 8.10. The summed E-state index contributed by atoms with van der Waals surface area (Å²) in [5, 5.41) is 24.2. The number of hydrogen-bond acceptors (Lipinski definition) is 7. The highest BCUT2D eigenvalue weighted by Crippen LogP contribution is 2.33. The SMILES string of the molecule is COc1cccc2cc(C(=O)N(Cc3ccccc3F)[C@@H]3CC(C(=O)NCCO)=C[C@H](Oc4ccccc4I)[C@H]3O)oc12. The number of para-hydroxylation sites is 2. The maximum Gasteiger partial charge on any atom is 0.290 e. The van der Waals surface area contributed by atoms with Gasteiger partial charge in [-0.15, -0.1) is 0 Å². The van der Waals surface area contributed by atoms with E-state index in [4.69, 9.17) is 13.9 Å². The molecule has 1 aromatic heterocycles. The van der Waals surface area contributed by atoms with Crippen LogP contribution >= 0.6 is 22.6 Å². The molecule has 9 nitrogen and oxygen atoms in total. The van der Waals surface area contributed by atoms with Crippen LogP contribution in [0, 0.1) is 9.39 Å². The molecule has 0 bridgehead atoms. The van der Waals surface area contributed by atoms with Crippen molar-refractivity contribution in [3.05, 3.63) is 105 Å². The van der Waals surface area contributed by atoms with Gasteiger partial charge in [0.15, 0.2) is 17.1 Å². The summed E-state index contributed by atoms with van der Waals surface area (Å²) in [5.74, 6) is -0.745. The molecule has 3 atom stereocenters. The van der Waals surface area contributed by atoms with Gasteiger partial charge in [-0.3, -0.25) is 9.59 Å². The Morgan fingerprint density at radius 1 is 1.09 bits per heavy atom. The molecule has 0 radical (unpaired) electrons. The number of amides is 2. The van der Waals surface area contributed by atoms with Crippen molar-refractivity contribution in [2.45, 2.75) is 31.2 Å². The molecule has 5 rings (SSSR count). The van der Waals surface area contributed by atoms with Crippen molar-refractivity contribution in [1.82, 2.24) is 10.2 Å². The number of halogens is 2. The molecule has 3 aromatic carbocycles. The first-order valence-corrected chi connectivity index (χ1v) is 14.7. The first kappa shape index (κ1) is 30.5. The Balaban J connectivity index is 1.57. The lowest BCUT2D eigenvalue weighted by molar-refractivity contribution is -0.118. The summed E-state index contributed by atoms with van der Waals surface area (Å²) in [5.41, 5.74) is 0.831. The molecule has 0 spiro atoms. The number of methoxy groups -OCH3 is 1. The number of aliphatic hydroxyl groups is 2. The van der Waals surface area contributed by atoms with Crippen molar-refractivity contribution < 1.29 is 38.1 Å². The Hall–Kier alpha value is -3.94. The second-order valence-electron chi connectivity index (χ2n) is 9.96. The van der Waals surface area contributed by atoms with E-state index in [1.165, 1.54) is 24.2 Å². The number of rotatable bonds is 10. The average Bonchev–Trinajstić information content (AvgIpc) is 3.46. The fourth-order valence-corrected chi connectivity index (χ4v) is 5.57. The zero-order valence-corrected chi connectivity index (χ0v) is 25.4. The van der Waals surface area contributed by atoms with E-state index >= 15 is 0 Å². The van der Waals surface area contributed by atoms with Gasteiger partial charge in [0.2, 0.25) is 5.91 Å². The third-order valence-electron chi connectivity index (χ3n) is 7.21. The molecule has 2 amide bonds. The molecule has 4 aromatic rings. The summed E-state index contributed by atoms with van der Waals surface area (Å²) in [6, 6.07) is 19.0. The van der Waals surface area contributed by atoms with Crippen molar-refractivity contribution in [3.63, 3.8) is 0 Å². The Morgan fingerprint density at radius 2 is 1.84 bits per heavy atom. The highest BCUT2D eigenvalue weighted by molar-refractivity contribution is 14.1. The second kappa shape index (κ2) is 13.6. The van der Waals surface area contributed by atoms with E-state index in [9.17, 15) is 24.2 Å². The van der Waals surface area contributed by atoms with Gasteiger partial charge in [-0.25, -0.2) is 4.39 Å². The number of ether oxygens (including phenoxy) is 2. The predicted octanol–water partition coefficient (Wildman–Crippen LogP) is 4.44. The van der Waals surface area contributed by atoms with Gasteiger partial charge in [0.25, 0.3) is 5.91 Å². The van der Waals surface area contributed by atoms with E-state index in [2.05, 4.69) is 27.9 Å². The molecule has 0 aliphatic heterocycles. The van der Waals surface area contributed by atoms with Crippen molar-refractivity contribution >= 4 is 45.4 Å². The number of hydrogen-bond donors (Lipinski definition) is 3. The monoisotopic (exact) mass is 700 g/mol. The van der Waals surface area contributed by atoms with Gasteiger partial charge < -0.3 is 34.3 Å². The van der Waals surface area contributed by atoms with Crippen LogP contribution in [0.5, 0.6) is 11.5 Å². The lowest BCUT2D eigenvalue weighted by Crippen LogP contribution is -2.54. The number of carbonyl (C=O) groups is 2. The number of nitrogens with zero attached hydrogens (tertiary/aromatic N) is 1. The standard InChI is InChI=1S/C32H30FIN2O7/c1-41-26-12-6-8-19-16-28(43-30(19)26)32(40)36(18-20-7-2-3-9-22(20)33)24-15-21(31(39)35-13-14-37)17-27(29(24)38)42-25-11-5-4-10-23(25)34/h2-12,16-17,24,27,29,37-38H,13-15,18H2,1H3,(H,35,39)/t24-,27+,29+/m1/s1. The summed E-state index contributed by atoms with van der Waals surface area (Å²) in [7, 11) is 1.49. The molecule has 3 N–H and O–H groups in total. The van der Waals surface area contributed by atoms with Crippen LogP contribution in [0.4, 0.5) is 4.39 Å². The van der Waals surface area contributed by atoms with Crippen LogP contribution in [0.25, 0.3) is 11.0 Å². The number of carbonyl (C=O) groups excluding carboxylic acids is 2. The van der Waals surface area contributed by atoms with E-state index in [0.717, 1.165) is 3.57 Å². The van der Waals surface area contributed by atoms with Gasteiger partial charge in [-0.2, -0.15) is 0 Å².